The van der Waals surface area contributed by atoms with Gasteiger partial charge in [0.05, 0.1) is 0 Å². The Morgan fingerprint density at radius 2 is 1.96 bits per heavy atom. The van der Waals surface area contributed by atoms with Gasteiger partial charge in [0.2, 0.25) is 5.91 Å². The summed E-state index contributed by atoms with van der Waals surface area (Å²) in [6, 6.07) is 5.46. The van der Waals surface area contributed by atoms with Crippen LogP contribution in [-0.4, -0.2) is 45.2 Å². The van der Waals surface area contributed by atoms with Gasteiger partial charge in [0, 0.05) is 50.5 Å². The summed E-state index contributed by atoms with van der Waals surface area (Å²) in [5, 5.41) is 9.86. The molecule has 0 spiro atoms. The van der Waals surface area contributed by atoms with E-state index in [-0.39, 0.29) is 29.9 Å². The van der Waals surface area contributed by atoms with Crippen molar-refractivity contribution in [3.8, 4) is 0 Å². The maximum absolute atomic E-state index is 12.1. The van der Waals surface area contributed by atoms with Crippen molar-refractivity contribution < 1.29 is 9.53 Å². The number of rotatable bonds is 10. The smallest absolute Gasteiger partial charge is 0.226 e. The average Bonchev–Trinajstić information content (AvgIpc) is 2.60. The third-order valence-corrected chi connectivity index (χ3v) is 4.03. The van der Waals surface area contributed by atoms with Crippen molar-refractivity contribution in [3.05, 3.63) is 28.8 Å². The Bertz CT molecular complexity index is 597. The molecule has 0 atom stereocenters. The second-order valence-corrected chi connectivity index (χ2v) is 6.87. The minimum absolute atomic E-state index is 0. The highest BCUT2D eigenvalue weighted by atomic mass is 127. The van der Waals surface area contributed by atoms with E-state index in [2.05, 4.69) is 34.8 Å². The molecule has 0 aliphatic carbocycles. The predicted octanol–water partition coefficient (Wildman–Crippen LogP) is 3.82. The van der Waals surface area contributed by atoms with Crippen LogP contribution in [0.25, 0.3) is 0 Å². The Hall–Kier alpha value is -1.06. The largest absolute Gasteiger partial charge is 0.381 e. The van der Waals surface area contributed by atoms with Crippen LogP contribution < -0.4 is 16.0 Å². The van der Waals surface area contributed by atoms with E-state index in [0.29, 0.717) is 29.9 Å². The van der Waals surface area contributed by atoms with Gasteiger partial charge in [0.1, 0.15) is 0 Å². The van der Waals surface area contributed by atoms with Gasteiger partial charge in [-0.1, -0.05) is 31.5 Å². The quantitative estimate of drug-likeness (QED) is 0.194. The highest BCUT2D eigenvalue weighted by Gasteiger charge is 2.07. The second-order valence-electron chi connectivity index (χ2n) is 6.46. The molecule has 1 aromatic rings. The van der Waals surface area contributed by atoms with E-state index in [0.717, 1.165) is 37.4 Å². The summed E-state index contributed by atoms with van der Waals surface area (Å²) >= 11 is 6.06. The van der Waals surface area contributed by atoms with Crippen molar-refractivity contribution >= 4 is 53.1 Å². The molecule has 0 saturated carbocycles. The number of carbonyl (C=O) groups excluding carboxylic acids is 1. The lowest BCUT2D eigenvalue weighted by molar-refractivity contribution is -0.116. The highest BCUT2D eigenvalue weighted by Crippen LogP contribution is 2.22. The van der Waals surface area contributed by atoms with Gasteiger partial charge in [-0.3, -0.25) is 9.79 Å². The molecule has 8 heteroatoms. The maximum Gasteiger partial charge on any atom is 0.226 e. The van der Waals surface area contributed by atoms with Gasteiger partial charge in [0.15, 0.2) is 5.96 Å². The molecule has 6 nitrogen and oxygen atoms in total. The first-order valence-electron chi connectivity index (χ1n) is 9.01. The summed E-state index contributed by atoms with van der Waals surface area (Å²) in [5.74, 6) is 1.17. The van der Waals surface area contributed by atoms with Gasteiger partial charge in [0.25, 0.3) is 0 Å². The average molecular weight is 511 g/mol. The minimum atomic E-state index is -0.0691. The molecular weight excluding hydrogens is 479 g/mol. The molecule has 3 N–H and O–H groups in total. The molecule has 0 aliphatic heterocycles. The second kappa shape index (κ2) is 14.9. The fraction of sp³-hybridized carbons (Fsp3) is 0.579. The number of nitrogens with zero attached hydrogens (tertiary/aromatic N) is 1. The Morgan fingerprint density at radius 1 is 1.26 bits per heavy atom. The molecular formula is C19H32ClIN4O2. The normalized spacial score (nSPS) is 11.1. The van der Waals surface area contributed by atoms with Gasteiger partial charge in [-0.05, 0) is 37.0 Å². The number of nitrogens with one attached hydrogen (secondary N) is 3. The molecule has 0 aromatic heterocycles. The fourth-order valence-electron chi connectivity index (χ4n) is 2.17. The van der Waals surface area contributed by atoms with E-state index in [1.165, 1.54) is 0 Å². The van der Waals surface area contributed by atoms with E-state index in [1.54, 1.807) is 13.1 Å². The molecule has 0 bridgehead atoms. The van der Waals surface area contributed by atoms with Crippen LogP contribution in [0.5, 0.6) is 0 Å². The van der Waals surface area contributed by atoms with Crippen LogP contribution in [0.15, 0.2) is 23.2 Å². The van der Waals surface area contributed by atoms with E-state index in [4.69, 9.17) is 16.3 Å². The van der Waals surface area contributed by atoms with Crippen molar-refractivity contribution in [2.24, 2.45) is 10.9 Å². The molecule has 0 radical (unpaired) electrons. The molecule has 1 aromatic carbocycles. The highest BCUT2D eigenvalue weighted by molar-refractivity contribution is 14.0. The summed E-state index contributed by atoms with van der Waals surface area (Å²) in [6.07, 6.45) is 1.24. The number of halogens is 2. The van der Waals surface area contributed by atoms with E-state index >= 15 is 0 Å². The third-order valence-electron chi connectivity index (χ3n) is 3.62. The monoisotopic (exact) mass is 510 g/mol. The molecule has 27 heavy (non-hydrogen) atoms. The minimum Gasteiger partial charge on any atom is -0.381 e. The lowest BCUT2D eigenvalue weighted by Crippen LogP contribution is -2.39. The number of amides is 1. The lowest BCUT2D eigenvalue weighted by atomic mass is 10.2. The Kier molecular flexibility index (Phi) is 14.3. The summed E-state index contributed by atoms with van der Waals surface area (Å²) in [4.78, 5) is 16.2. The number of benzene rings is 1. The molecule has 0 aliphatic rings. The first-order chi connectivity index (χ1) is 12.4. The van der Waals surface area contributed by atoms with Crippen LogP contribution in [0, 0.1) is 12.8 Å². The summed E-state index contributed by atoms with van der Waals surface area (Å²) in [7, 11) is 1.71. The van der Waals surface area contributed by atoms with Crippen molar-refractivity contribution in [1.82, 2.24) is 10.6 Å². The van der Waals surface area contributed by atoms with Crippen LogP contribution in [-0.2, 0) is 9.53 Å². The van der Waals surface area contributed by atoms with Gasteiger partial charge in [-0.2, -0.15) is 0 Å². The standard InChI is InChI=1S/C19H31ClN4O2.HI/c1-14(2)13-26-12-6-10-22-19(21-4)23-11-9-18(25)24-17-8-5-7-16(20)15(17)3;/h5,7-8,14H,6,9-13H2,1-4H3,(H,24,25)(H2,21,22,23);1H. The molecule has 0 fully saturated rings. The molecule has 1 amide bonds. The molecule has 0 saturated heterocycles. The Balaban J connectivity index is 0.00000676. The van der Waals surface area contributed by atoms with Crippen LogP contribution in [0.2, 0.25) is 5.02 Å². The van der Waals surface area contributed by atoms with Crippen LogP contribution in [0.4, 0.5) is 5.69 Å². The van der Waals surface area contributed by atoms with Gasteiger partial charge >= 0.3 is 0 Å². The number of aliphatic imine (C=N–C) groups is 1. The van der Waals surface area contributed by atoms with E-state index in [1.807, 2.05) is 19.1 Å². The lowest BCUT2D eigenvalue weighted by Gasteiger charge is -2.13. The summed E-state index contributed by atoms with van der Waals surface area (Å²) in [6.45, 7) is 8.92. The third kappa shape index (κ3) is 11.4. The zero-order chi connectivity index (χ0) is 19.4. The first-order valence-corrected chi connectivity index (χ1v) is 9.39. The Labute approximate surface area is 184 Å². The first kappa shape index (κ1) is 25.9. The predicted molar refractivity (Wildman–Crippen MR) is 124 cm³/mol. The summed E-state index contributed by atoms with van der Waals surface area (Å²) in [5.41, 5.74) is 1.61. The number of ether oxygens (including phenoxy) is 1. The fourth-order valence-corrected chi connectivity index (χ4v) is 2.35. The number of guanidine groups is 1. The van der Waals surface area contributed by atoms with E-state index in [9.17, 15) is 4.79 Å². The zero-order valence-electron chi connectivity index (χ0n) is 16.6. The van der Waals surface area contributed by atoms with Crippen LogP contribution in [0.3, 0.4) is 0 Å². The molecule has 154 valence electrons. The van der Waals surface area contributed by atoms with Crippen molar-refractivity contribution in [2.75, 3.05) is 38.7 Å². The molecule has 0 unspecified atom stereocenters. The van der Waals surface area contributed by atoms with Crippen LogP contribution >= 0.6 is 35.6 Å². The van der Waals surface area contributed by atoms with Crippen molar-refractivity contribution in [1.29, 1.82) is 0 Å². The van der Waals surface area contributed by atoms with Gasteiger partial charge < -0.3 is 20.7 Å². The van der Waals surface area contributed by atoms with Crippen LogP contribution in [0.1, 0.15) is 32.3 Å². The number of anilines is 1. The molecule has 1 rings (SSSR count). The number of hydrogen-bond donors (Lipinski definition) is 3. The number of hydrogen-bond acceptors (Lipinski definition) is 3. The van der Waals surface area contributed by atoms with E-state index < -0.39 is 0 Å². The molecule has 0 heterocycles. The summed E-state index contributed by atoms with van der Waals surface area (Å²) < 4.78 is 5.54. The van der Waals surface area contributed by atoms with Crippen molar-refractivity contribution in [2.45, 2.75) is 33.6 Å². The Morgan fingerprint density at radius 3 is 2.63 bits per heavy atom. The van der Waals surface area contributed by atoms with Crippen molar-refractivity contribution in [3.63, 3.8) is 0 Å². The van der Waals surface area contributed by atoms with Gasteiger partial charge in [-0.25, -0.2) is 0 Å². The van der Waals surface area contributed by atoms with Gasteiger partial charge in [-0.15, -0.1) is 24.0 Å². The zero-order valence-corrected chi connectivity index (χ0v) is 19.7. The SMILES string of the molecule is CN=C(NCCCOCC(C)C)NCCC(=O)Nc1cccc(Cl)c1C.I. The maximum atomic E-state index is 12.1. The topological polar surface area (TPSA) is 74.8 Å². The number of carbonyl (C=O) groups is 1.